The maximum Gasteiger partial charge on any atom is 0.210 e. The summed E-state index contributed by atoms with van der Waals surface area (Å²) in [5.74, 6) is 0.577. The number of rotatable bonds is 7. The second kappa shape index (κ2) is 9.29. The van der Waals surface area contributed by atoms with Crippen molar-refractivity contribution in [2.75, 3.05) is 0 Å². The molecule has 0 unspecified atom stereocenters. The number of nitrogens with zero attached hydrogens (tertiary/aromatic N) is 1. The maximum atomic E-state index is 12.5. The van der Waals surface area contributed by atoms with E-state index in [4.69, 9.17) is 0 Å². The van der Waals surface area contributed by atoms with Gasteiger partial charge in [-0.05, 0) is 20.8 Å². The number of ketones is 1. The molecule has 1 aromatic rings. The fraction of sp³-hybridized carbons (Fsp3) is 0.158. The summed E-state index contributed by atoms with van der Waals surface area (Å²) in [7, 11) is 0. The summed E-state index contributed by atoms with van der Waals surface area (Å²) >= 11 is 0. The van der Waals surface area contributed by atoms with Crippen LogP contribution in [0.15, 0.2) is 73.0 Å². The van der Waals surface area contributed by atoms with Gasteiger partial charge in [0.25, 0.3) is 0 Å². The third-order valence-corrected chi connectivity index (χ3v) is 2.89. The van der Waals surface area contributed by atoms with Crippen molar-refractivity contribution < 1.29 is 4.79 Å². The highest BCUT2D eigenvalue weighted by Crippen LogP contribution is 2.15. The summed E-state index contributed by atoms with van der Waals surface area (Å²) in [5, 5.41) is 0. The van der Waals surface area contributed by atoms with Crippen LogP contribution >= 0.6 is 0 Å². The van der Waals surface area contributed by atoms with Crippen molar-refractivity contribution >= 4 is 11.4 Å². The quantitative estimate of drug-likeness (QED) is 0.445. The molecule has 0 saturated heterocycles. The molecule has 0 radical (unpaired) electrons. The van der Waals surface area contributed by atoms with Crippen molar-refractivity contribution in [2.24, 2.45) is 0 Å². The number of aromatic amines is 1. The van der Waals surface area contributed by atoms with Crippen molar-refractivity contribution in [3.05, 3.63) is 84.6 Å². The lowest BCUT2D eigenvalue weighted by Gasteiger charge is -1.99. The number of hydrogen-bond donors (Lipinski definition) is 1. The van der Waals surface area contributed by atoms with Gasteiger partial charge >= 0.3 is 0 Å². The molecule has 1 heterocycles. The first-order valence-electron chi connectivity index (χ1n) is 7.19. The first kappa shape index (κ1) is 17.4. The van der Waals surface area contributed by atoms with Crippen LogP contribution in [0, 0.1) is 0 Å². The summed E-state index contributed by atoms with van der Waals surface area (Å²) in [6.07, 6.45) is 18.1. The number of Topliss-reactive ketones (excluding diaryl/α,β-unsaturated/α-hetero) is 1. The summed E-state index contributed by atoms with van der Waals surface area (Å²) < 4.78 is 0. The van der Waals surface area contributed by atoms with Gasteiger partial charge in [-0.25, -0.2) is 4.98 Å². The molecule has 1 aromatic heterocycles. The Morgan fingerprint density at radius 2 is 1.95 bits per heavy atom. The number of carbonyl (C=O) groups is 1. The van der Waals surface area contributed by atoms with Crippen molar-refractivity contribution in [3.63, 3.8) is 0 Å². The van der Waals surface area contributed by atoms with Gasteiger partial charge in [0.2, 0.25) is 5.78 Å². The Morgan fingerprint density at radius 3 is 2.55 bits per heavy atom. The van der Waals surface area contributed by atoms with Gasteiger partial charge in [0.05, 0.1) is 6.20 Å². The van der Waals surface area contributed by atoms with E-state index < -0.39 is 0 Å². The highest BCUT2D eigenvalue weighted by atomic mass is 16.1. The van der Waals surface area contributed by atoms with E-state index in [-0.39, 0.29) is 5.78 Å². The molecule has 114 valence electrons. The molecule has 0 aromatic carbocycles. The number of hydrogen-bond acceptors (Lipinski definition) is 2. The largest absolute Gasteiger partial charge is 0.335 e. The van der Waals surface area contributed by atoms with Gasteiger partial charge < -0.3 is 4.98 Å². The maximum absolute atomic E-state index is 12.5. The minimum atomic E-state index is -0.0851. The second-order valence-corrected chi connectivity index (χ2v) is 4.46. The van der Waals surface area contributed by atoms with Gasteiger partial charge in [0.15, 0.2) is 0 Å². The molecule has 1 rings (SSSR count). The van der Waals surface area contributed by atoms with E-state index in [1.54, 1.807) is 24.4 Å². The van der Waals surface area contributed by atoms with Crippen molar-refractivity contribution in [1.82, 2.24) is 9.97 Å². The van der Waals surface area contributed by atoms with E-state index in [0.717, 1.165) is 5.57 Å². The van der Waals surface area contributed by atoms with Crippen LogP contribution in [0.5, 0.6) is 0 Å². The van der Waals surface area contributed by atoms with Gasteiger partial charge in [-0.3, -0.25) is 4.79 Å². The standard InChI is InChI=1S/C19H22N2O/c1-5-9-12-15(8-4)19-20-14-17(21-19)18(22)16(11-7-3)13-10-6-2/h5-14H,1H2,2-4H3,(H,20,21)/b10-6-,11-7-,12-9-,15-8+,16-13+. The molecule has 0 aliphatic rings. The molecule has 1 N–H and O–H groups in total. The molecular formula is C19H22N2O. The zero-order chi connectivity index (χ0) is 16.4. The van der Waals surface area contributed by atoms with Crippen LogP contribution in [0.4, 0.5) is 0 Å². The summed E-state index contributed by atoms with van der Waals surface area (Å²) in [4.78, 5) is 19.9. The van der Waals surface area contributed by atoms with Crippen LogP contribution in [0.3, 0.4) is 0 Å². The minimum Gasteiger partial charge on any atom is -0.335 e. The predicted molar refractivity (Wildman–Crippen MR) is 93.6 cm³/mol. The van der Waals surface area contributed by atoms with Crippen LogP contribution in [0.1, 0.15) is 37.1 Å². The smallest absolute Gasteiger partial charge is 0.210 e. The second-order valence-electron chi connectivity index (χ2n) is 4.46. The molecular weight excluding hydrogens is 272 g/mol. The van der Waals surface area contributed by atoms with Crippen molar-refractivity contribution in [2.45, 2.75) is 20.8 Å². The molecule has 0 saturated carbocycles. The zero-order valence-electron chi connectivity index (χ0n) is 13.3. The predicted octanol–water partition coefficient (Wildman–Crippen LogP) is 4.82. The number of H-pyrrole nitrogens is 1. The van der Waals surface area contributed by atoms with Crippen LogP contribution in [0.25, 0.3) is 5.57 Å². The highest BCUT2D eigenvalue weighted by molar-refractivity contribution is 6.09. The first-order valence-corrected chi connectivity index (χ1v) is 7.19. The molecule has 22 heavy (non-hydrogen) atoms. The topological polar surface area (TPSA) is 45.8 Å². The molecule has 0 amide bonds. The Bertz CT molecular complexity index is 667. The lowest BCUT2D eigenvalue weighted by molar-refractivity contribution is 0.103. The molecule has 0 fully saturated rings. The van der Waals surface area contributed by atoms with Crippen LogP contribution < -0.4 is 0 Å². The Hall–Kier alpha value is -2.68. The lowest BCUT2D eigenvalue weighted by Crippen LogP contribution is -2.02. The van der Waals surface area contributed by atoms with E-state index in [2.05, 4.69) is 16.5 Å². The van der Waals surface area contributed by atoms with E-state index in [1.165, 1.54) is 0 Å². The fourth-order valence-corrected chi connectivity index (χ4v) is 1.81. The molecule has 0 atom stereocenters. The molecule has 0 spiro atoms. The Morgan fingerprint density at radius 1 is 1.18 bits per heavy atom. The monoisotopic (exact) mass is 294 g/mol. The summed E-state index contributed by atoms with van der Waals surface area (Å²) in [5.41, 5.74) is 1.98. The zero-order valence-corrected chi connectivity index (χ0v) is 13.3. The molecule has 0 bridgehead atoms. The third kappa shape index (κ3) is 4.70. The van der Waals surface area contributed by atoms with Crippen LogP contribution in [-0.2, 0) is 0 Å². The highest BCUT2D eigenvalue weighted by Gasteiger charge is 2.13. The van der Waals surface area contributed by atoms with E-state index in [1.807, 2.05) is 57.2 Å². The molecule has 0 aliphatic heterocycles. The van der Waals surface area contributed by atoms with Crippen molar-refractivity contribution in [1.29, 1.82) is 0 Å². The SMILES string of the molecule is C=C/C=C\C(=C/C)c1ncc(C(=O)C(/C=C\C)=C/C=C\C)[nH]1. The number of imidazole rings is 1. The fourth-order valence-electron chi connectivity index (χ4n) is 1.81. The van der Waals surface area contributed by atoms with Crippen LogP contribution in [0.2, 0.25) is 0 Å². The summed E-state index contributed by atoms with van der Waals surface area (Å²) in [6, 6.07) is 0. The van der Waals surface area contributed by atoms with E-state index in [9.17, 15) is 4.79 Å². The van der Waals surface area contributed by atoms with Gasteiger partial charge in [0, 0.05) is 11.1 Å². The Balaban J connectivity index is 3.11. The number of allylic oxidation sites excluding steroid dienone is 11. The average Bonchev–Trinajstić information content (AvgIpc) is 3.01. The lowest BCUT2D eigenvalue weighted by atomic mass is 10.1. The average molecular weight is 294 g/mol. The normalized spacial score (nSPS) is 13.6. The molecule has 3 heteroatoms. The number of carbonyl (C=O) groups excluding carboxylic acids is 1. The molecule has 0 aliphatic carbocycles. The van der Waals surface area contributed by atoms with E-state index in [0.29, 0.717) is 17.1 Å². The van der Waals surface area contributed by atoms with Gasteiger partial charge in [-0.1, -0.05) is 61.3 Å². The Kier molecular flexibility index (Phi) is 7.34. The summed E-state index contributed by atoms with van der Waals surface area (Å²) in [6.45, 7) is 9.36. The number of nitrogens with one attached hydrogen (secondary N) is 1. The number of aromatic nitrogens is 2. The first-order chi connectivity index (χ1) is 10.7. The minimum absolute atomic E-state index is 0.0851. The van der Waals surface area contributed by atoms with Crippen LogP contribution in [-0.4, -0.2) is 15.8 Å². The van der Waals surface area contributed by atoms with Gasteiger partial charge in [-0.15, -0.1) is 0 Å². The third-order valence-electron chi connectivity index (χ3n) is 2.89. The Labute approximate surface area is 132 Å². The van der Waals surface area contributed by atoms with Gasteiger partial charge in [-0.2, -0.15) is 0 Å². The van der Waals surface area contributed by atoms with E-state index >= 15 is 0 Å². The molecule has 3 nitrogen and oxygen atoms in total. The van der Waals surface area contributed by atoms with Gasteiger partial charge in [0.1, 0.15) is 11.5 Å². The van der Waals surface area contributed by atoms with Crippen molar-refractivity contribution in [3.8, 4) is 0 Å².